The minimum atomic E-state index is -1.23. The second-order valence-corrected chi connectivity index (χ2v) is 6.32. The standard InChI is InChI=1S/C21H24N2O4/c1-4-22-21(26)23-19(24)18(16-8-6-5-7-9-16)27-20(25)17-12-10-15(11-13-17)14(2)3/h5-14,18H,4H2,1-3H3,(H2,22,23,24,26)/t18-/m1/s1. The SMILES string of the molecule is CCNC(=O)NC(=O)[C@H](OC(=O)c1ccc(C(C)C)cc1)c1ccccc1. The molecule has 0 aliphatic heterocycles. The third-order valence-electron chi connectivity index (χ3n) is 3.95. The van der Waals surface area contributed by atoms with Crippen molar-refractivity contribution in [1.29, 1.82) is 0 Å². The van der Waals surface area contributed by atoms with Crippen LogP contribution in [0, 0.1) is 0 Å². The van der Waals surface area contributed by atoms with Gasteiger partial charge in [-0.25, -0.2) is 9.59 Å². The first-order chi connectivity index (χ1) is 12.9. The van der Waals surface area contributed by atoms with Crippen LogP contribution in [0.25, 0.3) is 0 Å². The van der Waals surface area contributed by atoms with E-state index in [1.165, 1.54) is 0 Å². The molecule has 6 nitrogen and oxygen atoms in total. The second-order valence-electron chi connectivity index (χ2n) is 6.32. The number of benzene rings is 2. The van der Waals surface area contributed by atoms with Gasteiger partial charge in [-0.2, -0.15) is 0 Å². The lowest BCUT2D eigenvalue weighted by atomic mass is 10.0. The molecule has 0 saturated carbocycles. The van der Waals surface area contributed by atoms with Gasteiger partial charge in [0.2, 0.25) is 6.10 Å². The Bertz CT molecular complexity index is 786. The van der Waals surface area contributed by atoms with Crippen molar-refractivity contribution in [2.45, 2.75) is 32.8 Å². The van der Waals surface area contributed by atoms with Gasteiger partial charge in [0.05, 0.1) is 5.56 Å². The first kappa shape index (κ1) is 20.2. The van der Waals surface area contributed by atoms with Gasteiger partial charge >= 0.3 is 12.0 Å². The van der Waals surface area contributed by atoms with Crippen LogP contribution in [0.15, 0.2) is 54.6 Å². The van der Waals surface area contributed by atoms with Gasteiger partial charge in [-0.15, -0.1) is 0 Å². The maximum atomic E-state index is 12.5. The zero-order chi connectivity index (χ0) is 19.8. The van der Waals surface area contributed by atoms with Gasteiger partial charge in [0, 0.05) is 12.1 Å². The quantitative estimate of drug-likeness (QED) is 0.764. The van der Waals surface area contributed by atoms with Gasteiger partial charge in [-0.1, -0.05) is 56.3 Å². The van der Waals surface area contributed by atoms with Crippen molar-refractivity contribution in [3.05, 3.63) is 71.3 Å². The molecule has 0 bridgehead atoms. The Hall–Kier alpha value is -3.15. The Morgan fingerprint density at radius 3 is 2.11 bits per heavy atom. The number of carbonyl (C=O) groups is 3. The summed E-state index contributed by atoms with van der Waals surface area (Å²) in [6.45, 7) is 6.23. The molecule has 6 heteroatoms. The Morgan fingerprint density at radius 2 is 1.56 bits per heavy atom. The molecule has 0 aromatic heterocycles. The van der Waals surface area contributed by atoms with Crippen molar-refractivity contribution < 1.29 is 19.1 Å². The van der Waals surface area contributed by atoms with Gasteiger partial charge in [0.1, 0.15) is 0 Å². The Kier molecular flexibility index (Phi) is 7.11. The lowest BCUT2D eigenvalue weighted by Gasteiger charge is -2.18. The maximum Gasteiger partial charge on any atom is 0.339 e. The summed E-state index contributed by atoms with van der Waals surface area (Å²) in [6.07, 6.45) is -1.23. The summed E-state index contributed by atoms with van der Waals surface area (Å²) in [5, 5.41) is 4.67. The number of hydrogen-bond acceptors (Lipinski definition) is 4. The van der Waals surface area contributed by atoms with Crippen LogP contribution in [0.4, 0.5) is 4.79 Å². The van der Waals surface area contributed by atoms with Gasteiger partial charge in [0.15, 0.2) is 0 Å². The number of rotatable bonds is 6. The number of imide groups is 1. The largest absolute Gasteiger partial charge is 0.444 e. The molecule has 0 aliphatic carbocycles. The van der Waals surface area contributed by atoms with Gasteiger partial charge < -0.3 is 10.1 Å². The molecule has 0 saturated heterocycles. The topological polar surface area (TPSA) is 84.5 Å². The summed E-state index contributed by atoms with van der Waals surface area (Å²) in [5.41, 5.74) is 1.91. The first-order valence-corrected chi connectivity index (χ1v) is 8.87. The van der Waals surface area contributed by atoms with Crippen LogP contribution < -0.4 is 10.6 Å². The number of hydrogen-bond donors (Lipinski definition) is 2. The zero-order valence-electron chi connectivity index (χ0n) is 15.7. The van der Waals surface area contributed by atoms with Gasteiger partial charge in [-0.3, -0.25) is 10.1 Å². The lowest BCUT2D eigenvalue weighted by molar-refractivity contribution is -0.129. The van der Waals surface area contributed by atoms with E-state index in [4.69, 9.17) is 4.74 Å². The number of carbonyl (C=O) groups excluding carboxylic acids is 3. The van der Waals surface area contributed by atoms with Crippen molar-refractivity contribution >= 4 is 17.9 Å². The maximum absolute atomic E-state index is 12.5. The van der Waals surface area contributed by atoms with Crippen molar-refractivity contribution in [2.24, 2.45) is 0 Å². The molecule has 3 amide bonds. The van der Waals surface area contributed by atoms with E-state index in [0.717, 1.165) is 5.56 Å². The molecule has 2 aromatic rings. The molecule has 0 aliphatic rings. The van der Waals surface area contributed by atoms with E-state index >= 15 is 0 Å². The van der Waals surface area contributed by atoms with E-state index < -0.39 is 24.0 Å². The molecule has 27 heavy (non-hydrogen) atoms. The molecule has 2 rings (SSSR count). The van der Waals surface area contributed by atoms with Gasteiger partial charge in [-0.05, 0) is 30.5 Å². The first-order valence-electron chi connectivity index (χ1n) is 8.87. The predicted octanol–water partition coefficient (Wildman–Crippen LogP) is 3.55. The fourth-order valence-electron chi connectivity index (χ4n) is 2.46. The average molecular weight is 368 g/mol. The molecule has 0 fully saturated rings. The highest BCUT2D eigenvalue weighted by Gasteiger charge is 2.27. The molecule has 142 valence electrons. The van der Waals surface area contributed by atoms with E-state index in [9.17, 15) is 14.4 Å². The molecule has 1 atom stereocenters. The second kappa shape index (κ2) is 9.52. The number of ether oxygens (including phenoxy) is 1. The minimum Gasteiger partial charge on any atom is -0.444 e. The van der Waals surface area contributed by atoms with Crippen LogP contribution in [0.5, 0.6) is 0 Å². The number of amides is 3. The Morgan fingerprint density at radius 1 is 0.926 bits per heavy atom. The van der Waals surface area contributed by atoms with E-state index in [0.29, 0.717) is 23.6 Å². The zero-order valence-corrected chi connectivity index (χ0v) is 15.7. The molecule has 0 radical (unpaired) electrons. The summed E-state index contributed by atoms with van der Waals surface area (Å²) in [6, 6.07) is 15.0. The molecule has 2 aromatic carbocycles. The van der Waals surface area contributed by atoms with E-state index in [1.807, 2.05) is 12.1 Å². The fourth-order valence-corrected chi connectivity index (χ4v) is 2.46. The highest BCUT2D eigenvalue weighted by atomic mass is 16.5. The van der Waals surface area contributed by atoms with Crippen molar-refractivity contribution in [3.63, 3.8) is 0 Å². The number of esters is 1. The van der Waals surface area contributed by atoms with Crippen LogP contribution in [-0.4, -0.2) is 24.5 Å². The van der Waals surface area contributed by atoms with Crippen LogP contribution >= 0.6 is 0 Å². The van der Waals surface area contributed by atoms with Crippen LogP contribution in [-0.2, 0) is 9.53 Å². The summed E-state index contributed by atoms with van der Waals surface area (Å²) < 4.78 is 5.43. The van der Waals surface area contributed by atoms with Crippen LogP contribution in [0.1, 0.15) is 54.3 Å². The predicted molar refractivity (Wildman–Crippen MR) is 102 cm³/mol. The molecule has 0 unspecified atom stereocenters. The smallest absolute Gasteiger partial charge is 0.339 e. The molecule has 0 heterocycles. The van der Waals surface area contributed by atoms with E-state index in [2.05, 4.69) is 24.5 Å². The number of nitrogens with one attached hydrogen (secondary N) is 2. The summed E-state index contributed by atoms with van der Waals surface area (Å²) >= 11 is 0. The summed E-state index contributed by atoms with van der Waals surface area (Å²) in [4.78, 5) is 36.7. The molecular weight excluding hydrogens is 344 g/mol. The summed E-state index contributed by atoms with van der Waals surface area (Å²) in [5.74, 6) is -1.00. The van der Waals surface area contributed by atoms with E-state index in [-0.39, 0.29) is 0 Å². The Balaban J connectivity index is 2.19. The van der Waals surface area contributed by atoms with E-state index in [1.54, 1.807) is 49.4 Å². The van der Waals surface area contributed by atoms with Gasteiger partial charge in [0.25, 0.3) is 5.91 Å². The lowest BCUT2D eigenvalue weighted by Crippen LogP contribution is -2.42. The third kappa shape index (κ3) is 5.67. The highest BCUT2D eigenvalue weighted by Crippen LogP contribution is 2.21. The van der Waals surface area contributed by atoms with Crippen LogP contribution in [0.3, 0.4) is 0 Å². The molecule has 2 N–H and O–H groups in total. The molecule has 0 spiro atoms. The Labute approximate surface area is 158 Å². The number of urea groups is 1. The monoisotopic (exact) mass is 368 g/mol. The fraction of sp³-hybridized carbons (Fsp3) is 0.286. The van der Waals surface area contributed by atoms with Crippen molar-refractivity contribution in [1.82, 2.24) is 10.6 Å². The molecular formula is C21H24N2O4. The van der Waals surface area contributed by atoms with Crippen molar-refractivity contribution in [3.8, 4) is 0 Å². The average Bonchev–Trinajstić information content (AvgIpc) is 2.66. The third-order valence-corrected chi connectivity index (χ3v) is 3.95. The summed E-state index contributed by atoms with van der Waals surface area (Å²) in [7, 11) is 0. The minimum absolute atomic E-state index is 0.339. The van der Waals surface area contributed by atoms with Crippen molar-refractivity contribution in [2.75, 3.05) is 6.54 Å². The normalized spacial score (nSPS) is 11.6. The highest BCUT2D eigenvalue weighted by molar-refractivity contribution is 5.99. The van der Waals surface area contributed by atoms with Crippen LogP contribution in [0.2, 0.25) is 0 Å².